The quantitative estimate of drug-likeness (QED) is 0.854. The zero-order valence-electron chi connectivity index (χ0n) is 11.8. The molecule has 1 aromatic carbocycles. The van der Waals surface area contributed by atoms with Gasteiger partial charge in [0.05, 0.1) is 17.8 Å². The van der Waals surface area contributed by atoms with Crippen LogP contribution in [0.5, 0.6) is 5.75 Å². The van der Waals surface area contributed by atoms with Crippen molar-refractivity contribution in [3.63, 3.8) is 0 Å². The average Bonchev–Trinajstić information content (AvgIpc) is 2.90. The first-order valence-electron chi connectivity index (χ1n) is 6.03. The van der Waals surface area contributed by atoms with Crippen LogP contribution in [0.2, 0.25) is 5.02 Å². The summed E-state index contributed by atoms with van der Waals surface area (Å²) in [5.41, 5.74) is 1.01. The van der Waals surface area contributed by atoms with Gasteiger partial charge in [-0.3, -0.25) is 5.32 Å². The monoisotopic (exact) mass is 366 g/mol. The fourth-order valence-corrected chi connectivity index (χ4v) is 2.42. The highest BCUT2D eigenvalue weighted by Gasteiger charge is 2.35. The number of nitrogens with zero attached hydrogens (tertiary/aromatic N) is 2. The predicted octanol–water partition coefficient (Wildman–Crippen LogP) is 4.17. The number of nitrogens with one attached hydrogen (secondary N) is 2. The van der Waals surface area contributed by atoms with Crippen molar-refractivity contribution in [2.45, 2.75) is 13.1 Å². The molecule has 2 amide bonds. The summed E-state index contributed by atoms with van der Waals surface area (Å²) in [4.78, 5) is 11.8. The Labute approximate surface area is 137 Å². The smallest absolute Gasteiger partial charge is 0.445 e. The summed E-state index contributed by atoms with van der Waals surface area (Å²) in [6, 6.07) is 2.29. The number of amides is 2. The summed E-state index contributed by atoms with van der Waals surface area (Å²) in [5, 5.41) is 9.59. The Balaban J connectivity index is 2.08. The molecular weight excluding hydrogens is 357 g/mol. The molecule has 0 atom stereocenters. The first kappa shape index (κ1) is 17.3. The van der Waals surface area contributed by atoms with Gasteiger partial charge < -0.3 is 10.1 Å². The first-order chi connectivity index (χ1) is 10.7. The third-order valence-electron chi connectivity index (χ3n) is 2.62. The number of alkyl halides is 3. The highest BCUT2D eigenvalue weighted by Crippen LogP contribution is 2.33. The number of ether oxygens (including phenoxy) is 1. The van der Waals surface area contributed by atoms with Crippen molar-refractivity contribution < 1.29 is 22.7 Å². The van der Waals surface area contributed by atoms with Crippen LogP contribution in [0.25, 0.3) is 0 Å². The van der Waals surface area contributed by atoms with Gasteiger partial charge in [-0.25, -0.2) is 4.79 Å². The van der Waals surface area contributed by atoms with Crippen LogP contribution in [0, 0.1) is 6.92 Å². The maximum Gasteiger partial charge on any atom is 0.445 e. The lowest BCUT2D eigenvalue weighted by atomic mass is 10.2. The van der Waals surface area contributed by atoms with Crippen molar-refractivity contribution >= 4 is 39.8 Å². The average molecular weight is 367 g/mol. The molecule has 0 fully saturated rings. The summed E-state index contributed by atoms with van der Waals surface area (Å²) in [6.45, 7) is 1.75. The van der Waals surface area contributed by atoms with Crippen molar-refractivity contribution in [1.82, 2.24) is 10.2 Å². The molecule has 1 heterocycles. The van der Waals surface area contributed by atoms with E-state index < -0.39 is 17.2 Å². The van der Waals surface area contributed by atoms with Crippen LogP contribution >= 0.6 is 22.9 Å². The van der Waals surface area contributed by atoms with E-state index in [4.69, 9.17) is 16.3 Å². The second-order valence-corrected chi connectivity index (χ2v) is 5.68. The number of hydrogen-bond donors (Lipinski definition) is 2. The van der Waals surface area contributed by atoms with Crippen molar-refractivity contribution in [3.8, 4) is 5.75 Å². The van der Waals surface area contributed by atoms with Gasteiger partial charge in [-0.2, -0.15) is 13.2 Å². The number of hydrogen-bond acceptors (Lipinski definition) is 5. The number of rotatable bonds is 3. The molecule has 0 bridgehead atoms. The van der Waals surface area contributed by atoms with E-state index in [0.717, 1.165) is 5.56 Å². The molecule has 0 saturated heterocycles. The second kappa shape index (κ2) is 6.59. The van der Waals surface area contributed by atoms with Crippen LogP contribution in [0.3, 0.4) is 0 Å². The number of methoxy groups -OCH3 is 1. The standard InChI is InChI=1S/C12H10ClF3N4O2S/c1-5-3-7(6(13)4-8(5)22-2)17-10(21)18-11-20-19-9(23-11)12(14,15)16/h3-4H,1-2H3,(H2,17,18,20,21). The van der Waals surface area contributed by atoms with Crippen LogP contribution in [0.1, 0.15) is 10.6 Å². The number of aryl methyl sites for hydroxylation is 1. The minimum absolute atomic E-state index is 0.218. The third kappa shape index (κ3) is 4.23. The largest absolute Gasteiger partial charge is 0.496 e. The number of halogens is 4. The Morgan fingerprint density at radius 2 is 2.00 bits per heavy atom. The van der Waals surface area contributed by atoms with Crippen LogP contribution in [-0.2, 0) is 6.18 Å². The van der Waals surface area contributed by atoms with Gasteiger partial charge in [0.15, 0.2) is 0 Å². The molecule has 2 N–H and O–H groups in total. The molecule has 0 spiro atoms. The van der Waals surface area contributed by atoms with Gasteiger partial charge in [-0.05, 0) is 18.6 Å². The van der Waals surface area contributed by atoms with Crippen molar-refractivity contribution in [2.24, 2.45) is 0 Å². The maximum absolute atomic E-state index is 12.4. The predicted molar refractivity (Wildman–Crippen MR) is 80.3 cm³/mol. The van der Waals surface area contributed by atoms with E-state index in [1.54, 1.807) is 13.0 Å². The van der Waals surface area contributed by atoms with Gasteiger partial charge in [-0.1, -0.05) is 22.9 Å². The van der Waals surface area contributed by atoms with Crippen LogP contribution in [-0.4, -0.2) is 23.3 Å². The van der Waals surface area contributed by atoms with E-state index in [9.17, 15) is 18.0 Å². The van der Waals surface area contributed by atoms with Crippen LogP contribution < -0.4 is 15.4 Å². The van der Waals surface area contributed by atoms with Gasteiger partial charge >= 0.3 is 12.2 Å². The lowest BCUT2D eigenvalue weighted by molar-refractivity contribution is -0.138. The lowest BCUT2D eigenvalue weighted by Gasteiger charge is -2.11. The Morgan fingerprint density at radius 3 is 2.57 bits per heavy atom. The Morgan fingerprint density at radius 1 is 1.30 bits per heavy atom. The molecule has 0 aliphatic carbocycles. The highest BCUT2D eigenvalue weighted by molar-refractivity contribution is 7.15. The van der Waals surface area contributed by atoms with E-state index in [-0.39, 0.29) is 27.2 Å². The van der Waals surface area contributed by atoms with Gasteiger partial charge in [0.25, 0.3) is 0 Å². The number of urea groups is 1. The van der Waals surface area contributed by atoms with Gasteiger partial charge in [0.2, 0.25) is 10.1 Å². The third-order valence-corrected chi connectivity index (χ3v) is 3.82. The van der Waals surface area contributed by atoms with Crippen LogP contribution in [0.15, 0.2) is 12.1 Å². The summed E-state index contributed by atoms with van der Waals surface area (Å²) in [6.07, 6.45) is -4.61. The lowest BCUT2D eigenvalue weighted by Crippen LogP contribution is -2.19. The highest BCUT2D eigenvalue weighted by atomic mass is 35.5. The van der Waals surface area contributed by atoms with Gasteiger partial charge in [0.1, 0.15) is 5.75 Å². The van der Waals surface area contributed by atoms with E-state index in [2.05, 4.69) is 20.8 Å². The Hall–Kier alpha value is -2.07. The Bertz CT molecular complexity index is 736. The van der Waals surface area contributed by atoms with E-state index >= 15 is 0 Å². The molecule has 0 unspecified atom stereocenters. The SMILES string of the molecule is COc1cc(Cl)c(NC(=O)Nc2nnc(C(F)(F)F)s2)cc1C. The molecule has 11 heteroatoms. The summed E-state index contributed by atoms with van der Waals surface area (Å²) in [5.74, 6) is 0.542. The van der Waals surface area contributed by atoms with E-state index in [1.165, 1.54) is 13.2 Å². The Kier molecular flexibility index (Phi) is 4.95. The second-order valence-electron chi connectivity index (χ2n) is 4.29. The molecule has 0 aliphatic rings. The zero-order valence-corrected chi connectivity index (χ0v) is 13.4. The number of aromatic nitrogens is 2. The maximum atomic E-state index is 12.4. The fourth-order valence-electron chi connectivity index (χ4n) is 1.62. The fraction of sp³-hybridized carbons (Fsp3) is 0.250. The number of anilines is 2. The summed E-state index contributed by atoms with van der Waals surface area (Å²) >= 11 is 6.21. The molecular formula is C12H10ClF3N4O2S. The molecule has 23 heavy (non-hydrogen) atoms. The van der Waals surface area contributed by atoms with E-state index in [1.807, 2.05) is 0 Å². The molecule has 0 saturated carbocycles. The minimum Gasteiger partial charge on any atom is -0.496 e. The molecule has 0 radical (unpaired) electrons. The first-order valence-corrected chi connectivity index (χ1v) is 7.23. The van der Waals surface area contributed by atoms with Crippen molar-refractivity contribution in [2.75, 3.05) is 17.7 Å². The molecule has 2 aromatic rings. The number of carbonyl (C=O) groups excluding carboxylic acids is 1. The normalized spacial score (nSPS) is 11.2. The van der Waals surface area contributed by atoms with E-state index in [0.29, 0.717) is 5.75 Å². The topological polar surface area (TPSA) is 76.1 Å². The summed E-state index contributed by atoms with van der Waals surface area (Å²) < 4.78 is 42.3. The number of benzene rings is 1. The van der Waals surface area contributed by atoms with Gasteiger partial charge in [0, 0.05) is 6.07 Å². The van der Waals surface area contributed by atoms with Crippen LogP contribution in [0.4, 0.5) is 28.8 Å². The molecule has 1 aromatic heterocycles. The zero-order chi connectivity index (χ0) is 17.2. The molecule has 124 valence electrons. The van der Waals surface area contributed by atoms with Gasteiger partial charge in [-0.15, -0.1) is 10.2 Å². The van der Waals surface area contributed by atoms with Crippen molar-refractivity contribution in [3.05, 3.63) is 27.7 Å². The molecule has 6 nitrogen and oxygen atoms in total. The molecule has 0 aliphatic heterocycles. The number of carbonyl (C=O) groups is 1. The summed E-state index contributed by atoms with van der Waals surface area (Å²) in [7, 11) is 1.48. The minimum atomic E-state index is -4.61. The van der Waals surface area contributed by atoms with Crippen molar-refractivity contribution in [1.29, 1.82) is 0 Å². The molecule has 2 rings (SSSR count).